The number of urea groups is 2. The number of carboxylic acid groups (broad SMARTS) is 1. The van der Waals surface area contributed by atoms with Gasteiger partial charge in [0, 0.05) is 13.1 Å². The van der Waals surface area contributed by atoms with Gasteiger partial charge < -0.3 is 26.8 Å². The summed E-state index contributed by atoms with van der Waals surface area (Å²) in [4.78, 5) is 32.3. The molecular weight excluding hydrogens is 228 g/mol. The minimum Gasteiger partial charge on any atom is -0.480 e. The number of amides is 4. The minimum atomic E-state index is -1.07. The van der Waals surface area contributed by atoms with Gasteiger partial charge in [-0.15, -0.1) is 0 Å². The van der Waals surface area contributed by atoms with E-state index >= 15 is 0 Å². The first kappa shape index (κ1) is 15.0. The third-order valence-electron chi connectivity index (χ3n) is 1.89. The number of carbonyl (C=O) groups excluding carboxylic acids is 2. The molecule has 0 bridgehead atoms. The third kappa shape index (κ3) is 7.88. The molecule has 1 atom stereocenters. The van der Waals surface area contributed by atoms with Crippen LogP contribution in [0.15, 0.2) is 0 Å². The number of nitrogens with two attached hydrogens (primary N) is 1. The Morgan fingerprint density at radius 3 is 2.29 bits per heavy atom. The van der Waals surface area contributed by atoms with Crippen LogP contribution in [-0.2, 0) is 4.79 Å². The summed E-state index contributed by atoms with van der Waals surface area (Å²) in [6.07, 6.45) is 1.02. The maximum atomic E-state index is 11.2. The van der Waals surface area contributed by atoms with Crippen molar-refractivity contribution in [1.82, 2.24) is 16.0 Å². The molecule has 8 nitrogen and oxygen atoms in total. The lowest BCUT2D eigenvalue weighted by Gasteiger charge is -2.14. The number of nitrogens with one attached hydrogen (secondary N) is 3. The average Bonchev–Trinajstić information content (AvgIpc) is 2.23. The number of carboxylic acids is 1. The lowest BCUT2D eigenvalue weighted by Crippen LogP contribution is -2.47. The molecule has 0 aromatic carbocycles. The van der Waals surface area contributed by atoms with Gasteiger partial charge in [-0.3, -0.25) is 0 Å². The summed E-state index contributed by atoms with van der Waals surface area (Å²) in [6, 6.07) is -2.16. The van der Waals surface area contributed by atoms with E-state index in [0.717, 1.165) is 0 Å². The Morgan fingerprint density at radius 1 is 1.24 bits per heavy atom. The summed E-state index contributed by atoms with van der Waals surface area (Å²) in [5.74, 6) is -1.07. The summed E-state index contributed by atoms with van der Waals surface area (Å²) < 4.78 is 0. The van der Waals surface area contributed by atoms with Crippen LogP contribution in [0.1, 0.15) is 19.8 Å². The first-order valence-electron chi connectivity index (χ1n) is 5.27. The van der Waals surface area contributed by atoms with E-state index < -0.39 is 24.1 Å². The van der Waals surface area contributed by atoms with Crippen molar-refractivity contribution in [1.29, 1.82) is 0 Å². The monoisotopic (exact) mass is 246 g/mol. The predicted molar refractivity (Wildman–Crippen MR) is 60.5 cm³/mol. The highest BCUT2D eigenvalue weighted by atomic mass is 16.4. The lowest BCUT2D eigenvalue weighted by molar-refractivity contribution is -0.139. The molecule has 6 N–H and O–H groups in total. The molecule has 4 amide bonds. The molecule has 0 fully saturated rings. The molecule has 98 valence electrons. The van der Waals surface area contributed by atoms with Gasteiger partial charge in [-0.05, 0) is 6.42 Å². The summed E-state index contributed by atoms with van der Waals surface area (Å²) in [5, 5.41) is 15.8. The molecule has 0 aliphatic rings. The maximum absolute atomic E-state index is 11.2. The van der Waals surface area contributed by atoms with Gasteiger partial charge in [-0.25, -0.2) is 14.4 Å². The zero-order chi connectivity index (χ0) is 13.3. The first-order chi connectivity index (χ1) is 7.97. The molecule has 0 aliphatic carbocycles. The van der Waals surface area contributed by atoms with Gasteiger partial charge in [0.15, 0.2) is 0 Å². The zero-order valence-corrected chi connectivity index (χ0v) is 9.66. The Hall–Kier alpha value is -1.99. The molecular formula is C9H18N4O4. The van der Waals surface area contributed by atoms with Crippen molar-refractivity contribution in [3.63, 3.8) is 0 Å². The van der Waals surface area contributed by atoms with Gasteiger partial charge in [0.05, 0.1) is 0 Å². The van der Waals surface area contributed by atoms with E-state index in [1.54, 1.807) is 0 Å². The van der Waals surface area contributed by atoms with Crippen molar-refractivity contribution < 1.29 is 19.5 Å². The molecule has 0 radical (unpaired) electrons. The quantitative estimate of drug-likeness (QED) is 0.376. The number of carbonyl (C=O) groups is 3. The molecule has 0 rings (SSSR count). The topological polar surface area (TPSA) is 134 Å². The standard InChI is InChI=1S/C9H18N4O4/c1-2-3-6(7(14)15)13-9(17)12-5-4-11-8(10)16/h6H,2-5H2,1H3,(H,14,15)(H3,10,11,16)(H2,12,13,17)/t6-/m1/s1. The molecule has 8 heteroatoms. The van der Waals surface area contributed by atoms with Gasteiger partial charge in [-0.2, -0.15) is 0 Å². The van der Waals surface area contributed by atoms with Crippen LogP contribution >= 0.6 is 0 Å². The number of hydrogen-bond acceptors (Lipinski definition) is 3. The van der Waals surface area contributed by atoms with Crippen molar-refractivity contribution in [2.75, 3.05) is 13.1 Å². The van der Waals surface area contributed by atoms with Crippen molar-refractivity contribution in [2.45, 2.75) is 25.8 Å². The van der Waals surface area contributed by atoms with Crippen molar-refractivity contribution in [2.24, 2.45) is 5.73 Å². The smallest absolute Gasteiger partial charge is 0.326 e. The van der Waals surface area contributed by atoms with Crippen molar-refractivity contribution in [3.05, 3.63) is 0 Å². The number of rotatable bonds is 7. The highest BCUT2D eigenvalue weighted by molar-refractivity contribution is 5.82. The molecule has 0 aromatic rings. The van der Waals surface area contributed by atoms with Crippen molar-refractivity contribution >= 4 is 18.0 Å². The molecule has 17 heavy (non-hydrogen) atoms. The molecule has 0 aromatic heterocycles. The van der Waals surface area contributed by atoms with Gasteiger partial charge in [0.1, 0.15) is 6.04 Å². The molecule has 0 unspecified atom stereocenters. The van der Waals surface area contributed by atoms with Crippen LogP contribution in [0.2, 0.25) is 0 Å². The van der Waals surface area contributed by atoms with E-state index in [4.69, 9.17) is 10.8 Å². The van der Waals surface area contributed by atoms with Crippen LogP contribution in [-0.4, -0.2) is 42.3 Å². The first-order valence-corrected chi connectivity index (χ1v) is 5.27. The van der Waals surface area contributed by atoms with Crippen molar-refractivity contribution in [3.8, 4) is 0 Å². The Bertz CT molecular complexity index is 282. The Kier molecular flexibility index (Phi) is 7.24. The second-order valence-electron chi connectivity index (χ2n) is 3.37. The van der Waals surface area contributed by atoms with Crippen LogP contribution in [0, 0.1) is 0 Å². The van der Waals surface area contributed by atoms with Gasteiger partial charge in [-0.1, -0.05) is 13.3 Å². The highest BCUT2D eigenvalue weighted by Crippen LogP contribution is 1.96. The summed E-state index contributed by atoms with van der Waals surface area (Å²) in [7, 11) is 0. The van der Waals surface area contributed by atoms with Gasteiger partial charge in [0.2, 0.25) is 0 Å². The normalized spacial score (nSPS) is 11.4. The minimum absolute atomic E-state index is 0.174. The average molecular weight is 246 g/mol. The number of primary amides is 1. The molecule has 0 aliphatic heterocycles. The summed E-state index contributed by atoms with van der Waals surface area (Å²) in [5.41, 5.74) is 4.81. The third-order valence-corrected chi connectivity index (χ3v) is 1.89. The molecule has 0 heterocycles. The van der Waals surface area contributed by atoms with Gasteiger partial charge in [0.25, 0.3) is 0 Å². The van der Waals surface area contributed by atoms with Crippen LogP contribution < -0.4 is 21.7 Å². The largest absolute Gasteiger partial charge is 0.480 e. The van der Waals surface area contributed by atoms with Crippen LogP contribution in [0.4, 0.5) is 9.59 Å². The van der Waals surface area contributed by atoms with E-state index in [0.29, 0.717) is 12.8 Å². The Morgan fingerprint density at radius 2 is 1.82 bits per heavy atom. The molecule has 0 saturated carbocycles. The summed E-state index contributed by atoms with van der Waals surface area (Å²) in [6.45, 7) is 2.19. The van der Waals surface area contributed by atoms with E-state index in [9.17, 15) is 14.4 Å². The number of aliphatic carboxylic acids is 1. The second-order valence-corrected chi connectivity index (χ2v) is 3.37. The predicted octanol–water partition coefficient (Wildman–Crippen LogP) is -0.793. The van der Waals surface area contributed by atoms with E-state index in [1.807, 2.05) is 6.92 Å². The fourth-order valence-corrected chi connectivity index (χ4v) is 1.12. The molecule has 0 saturated heterocycles. The van der Waals surface area contributed by atoms with Crippen LogP contribution in [0.25, 0.3) is 0 Å². The second kappa shape index (κ2) is 8.20. The number of hydrogen-bond donors (Lipinski definition) is 5. The van der Waals surface area contributed by atoms with Gasteiger partial charge >= 0.3 is 18.0 Å². The Labute approximate surface area is 98.9 Å². The lowest BCUT2D eigenvalue weighted by atomic mass is 10.2. The van der Waals surface area contributed by atoms with E-state index in [1.165, 1.54) is 0 Å². The Balaban J connectivity index is 3.82. The maximum Gasteiger partial charge on any atom is 0.326 e. The SMILES string of the molecule is CCC[C@@H](NC(=O)NCCNC(N)=O)C(=O)O. The molecule has 0 spiro atoms. The highest BCUT2D eigenvalue weighted by Gasteiger charge is 2.18. The van der Waals surface area contributed by atoms with Crippen LogP contribution in [0.3, 0.4) is 0 Å². The van der Waals surface area contributed by atoms with E-state index in [-0.39, 0.29) is 13.1 Å². The zero-order valence-electron chi connectivity index (χ0n) is 9.66. The fraction of sp³-hybridized carbons (Fsp3) is 0.667. The van der Waals surface area contributed by atoms with E-state index in [2.05, 4.69) is 16.0 Å². The van der Waals surface area contributed by atoms with Crippen LogP contribution in [0.5, 0.6) is 0 Å². The summed E-state index contributed by atoms with van der Waals surface area (Å²) >= 11 is 0. The fourth-order valence-electron chi connectivity index (χ4n) is 1.12.